The first-order chi connectivity index (χ1) is 19.3. The second-order valence-corrected chi connectivity index (χ2v) is 11.3. The van der Waals surface area contributed by atoms with E-state index in [0.29, 0.717) is 57.0 Å². The number of aromatic hydroxyl groups is 1. The number of carbonyl (C=O) groups excluding carboxylic acids is 1. The van der Waals surface area contributed by atoms with Crippen molar-refractivity contribution >= 4 is 23.3 Å². The number of aromatic nitrogens is 2. The highest BCUT2D eigenvalue weighted by molar-refractivity contribution is 6.31. The summed E-state index contributed by atoms with van der Waals surface area (Å²) < 4.78 is 17.9. The maximum absolute atomic E-state index is 12.6. The number of halogens is 1. The zero-order chi connectivity index (χ0) is 28.0. The van der Waals surface area contributed by atoms with E-state index in [1.54, 1.807) is 25.3 Å². The summed E-state index contributed by atoms with van der Waals surface area (Å²) >= 11 is 6.45. The highest BCUT2D eigenvalue weighted by Gasteiger charge is 2.44. The predicted molar refractivity (Wildman–Crippen MR) is 148 cm³/mol. The summed E-state index contributed by atoms with van der Waals surface area (Å²) in [7, 11) is 3.74. The molecule has 12 heteroatoms. The first-order valence-electron chi connectivity index (χ1n) is 13.6. The Morgan fingerprint density at radius 3 is 2.80 bits per heavy atom. The Labute approximate surface area is 238 Å². The van der Waals surface area contributed by atoms with Crippen molar-refractivity contribution in [3.63, 3.8) is 0 Å². The van der Waals surface area contributed by atoms with Crippen LogP contribution in [0, 0.1) is 0 Å². The lowest BCUT2D eigenvalue weighted by Crippen LogP contribution is -2.61. The maximum Gasteiger partial charge on any atom is 0.319 e. The van der Waals surface area contributed by atoms with Crippen molar-refractivity contribution in [2.75, 3.05) is 58.5 Å². The number of nitrogens with zero attached hydrogens (tertiary/aromatic N) is 6. The molecule has 4 aliphatic rings. The van der Waals surface area contributed by atoms with Crippen molar-refractivity contribution in [3.8, 4) is 11.8 Å². The van der Waals surface area contributed by atoms with Crippen molar-refractivity contribution in [1.82, 2.24) is 24.7 Å². The smallest absolute Gasteiger partial charge is 0.319 e. The molecule has 4 atom stereocenters. The molecule has 2 aromatic rings. The van der Waals surface area contributed by atoms with E-state index in [9.17, 15) is 9.90 Å². The van der Waals surface area contributed by atoms with Crippen LogP contribution in [0.4, 0.5) is 5.82 Å². The van der Waals surface area contributed by atoms with Crippen LogP contribution in [0.25, 0.3) is 0 Å². The Hall–Kier alpha value is -2.96. The number of likely N-dealkylation sites (N-methyl/N-ethyl adjacent to an activating group) is 1. The van der Waals surface area contributed by atoms with Gasteiger partial charge in [-0.05, 0) is 36.9 Å². The highest BCUT2D eigenvalue weighted by atomic mass is 35.5. The SMILES string of the molecule is C=CC(=O)N1CCN(c2nc(O[C@@H]3CN(C)C[C@H]3OC)nc3c2CN(Cc2cc(O)ccc2Cl)C3)C2COCC21. The van der Waals surface area contributed by atoms with E-state index in [4.69, 9.17) is 35.8 Å². The van der Waals surface area contributed by atoms with Crippen molar-refractivity contribution in [2.24, 2.45) is 0 Å². The number of anilines is 1. The van der Waals surface area contributed by atoms with Crippen LogP contribution >= 0.6 is 11.6 Å². The minimum absolute atomic E-state index is 0.0385. The Morgan fingerprint density at radius 1 is 1.20 bits per heavy atom. The number of carbonyl (C=O) groups is 1. The van der Waals surface area contributed by atoms with Gasteiger partial charge >= 0.3 is 6.01 Å². The number of fused-ring (bicyclic) bond motifs is 2. The number of piperazine rings is 1. The summed E-state index contributed by atoms with van der Waals surface area (Å²) in [5.74, 6) is 0.916. The Morgan fingerprint density at radius 2 is 2.00 bits per heavy atom. The van der Waals surface area contributed by atoms with Crippen molar-refractivity contribution in [2.45, 2.75) is 43.9 Å². The van der Waals surface area contributed by atoms with Gasteiger partial charge in [0.15, 0.2) is 0 Å². The van der Waals surface area contributed by atoms with Crippen LogP contribution < -0.4 is 9.64 Å². The number of methoxy groups -OCH3 is 1. The van der Waals surface area contributed by atoms with Gasteiger partial charge in [-0.15, -0.1) is 0 Å². The molecule has 0 spiro atoms. The van der Waals surface area contributed by atoms with E-state index in [2.05, 4.69) is 21.3 Å². The molecule has 40 heavy (non-hydrogen) atoms. The molecule has 1 amide bonds. The van der Waals surface area contributed by atoms with E-state index < -0.39 is 0 Å². The zero-order valence-corrected chi connectivity index (χ0v) is 23.6. The molecule has 1 aromatic carbocycles. The predicted octanol–water partition coefficient (Wildman–Crippen LogP) is 1.66. The molecule has 0 aliphatic carbocycles. The van der Waals surface area contributed by atoms with Gasteiger partial charge < -0.3 is 29.1 Å². The molecule has 6 rings (SSSR count). The van der Waals surface area contributed by atoms with Gasteiger partial charge in [0, 0.05) is 63.5 Å². The first-order valence-corrected chi connectivity index (χ1v) is 14.0. The number of amides is 1. The van der Waals surface area contributed by atoms with E-state index in [1.165, 1.54) is 6.08 Å². The van der Waals surface area contributed by atoms with E-state index in [1.807, 2.05) is 11.9 Å². The number of rotatable bonds is 7. The largest absolute Gasteiger partial charge is 0.508 e. The highest BCUT2D eigenvalue weighted by Crippen LogP contribution is 2.37. The maximum atomic E-state index is 12.6. The monoisotopic (exact) mass is 570 g/mol. The molecule has 11 nitrogen and oxygen atoms in total. The van der Waals surface area contributed by atoms with Gasteiger partial charge in [0.2, 0.25) is 5.91 Å². The molecule has 1 N–H and O–H groups in total. The van der Waals surface area contributed by atoms with Gasteiger partial charge in [0.05, 0.1) is 31.0 Å². The van der Waals surface area contributed by atoms with Crippen molar-refractivity contribution < 1.29 is 24.1 Å². The van der Waals surface area contributed by atoms with Crippen LogP contribution in [-0.2, 0) is 33.9 Å². The van der Waals surface area contributed by atoms with Crippen LogP contribution in [0.15, 0.2) is 30.9 Å². The fraction of sp³-hybridized carbons (Fsp3) is 0.536. The number of benzene rings is 1. The summed E-state index contributed by atoms with van der Waals surface area (Å²) in [5, 5.41) is 10.6. The van der Waals surface area contributed by atoms with Gasteiger partial charge in [-0.1, -0.05) is 18.2 Å². The zero-order valence-electron chi connectivity index (χ0n) is 22.8. The Balaban J connectivity index is 1.32. The van der Waals surface area contributed by atoms with Crippen LogP contribution in [0.3, 0.4) is 0 Å². The third-order valence-electron chi connectivity index (χ3n) is 8.32. The van der Waals surface area contributed by atoms with Crippen LogP contribution in [0.1, 0.15) is 16.8 Å². The summed E-state index contributed by atoms with van der Waals surface area (Å²) in [6.07, 6.45) is 1.11. The molecule has 2 unspecified atom stereocenters. The molecule has 5 heterocycles. The standard InChI is InChI=1S/C28H35ClN6O5/c1-4-26(37)34-7-8-35(23-16-39-15-22(23)34)27-19-11-33(10-17-9-18(36)5-6-20(17)29)12-21(19)30-28(31-27)40-25-14-32(2)13-24(25)38-3/h4-6,9,22-25,36H,1,7-8,10-16H2,2-3H3/t22?,23?,24-,25-/m1/s1. The average Bonchev–Trinajstić information content (AvgIpc) is 3.67. The number of likely N-dealkylation sites (tertiary alicyclic amines) is 1. The number of phenolic OH excluding ortho intramolecular Hbond substituents is 1. The van der Waals surface area contributed by atoms with Crippen LogP contribution in [0.5, 0.6) is 11.8 Å². The molecule has 1 aromatic heterocycles. The summed E-state index contributed by atoms with van der Waals surface area (Å²) in [5.41, 5.74) is 2.78. The summed E-state index contributed by atoms with van der Waals surface area (Å²) in [4.78, 5) is 31.0. The van der Waals surface area contributed by atoms with E-state index in [-0.39, 0.29) is 35.9 Å². The number of ether oxygens (including phenoxy) is 3. The van der Waals surface area contributed by atoms with Gasteiger partial charge in [-0.25, -0.2) is 0 Å². The fourth-order valence-electron chi connectivity index (χ4n) is 6.33. The molecule has 0 bridgehead atoms. The van der Waals surface area contributed by atoms with Gasteiger partial charge in [0.25, 0.3) is 0 Å². The first kappa shape index (κ1) is 27.2. The molecule has 0 radical (unpaired) electrons. The fourth-order valence-corrected chi connectivity index (χ4v) is 6.51. The van der Waals surface area contributed by atoms with Gasteiger partial charge in [-0.2, -0.15) is 9.97 Å². The Bertz CT molecular complexity index is 1300. The van der Waals surface area contributed by atoms with Crippen molar-refractivity contribution in [1.29, 1.82) is 0 Å². The van der Waals surface area contributed by atoms with E-state index >= 15 is 0 Å². The lowest BCUT2D eigenvalue weighted by atomic mass is 10.0. The number of phenols is 1. The second kappa shape index (κ2) is 11.1. The van der Waals surface area contributed by atoms with Gasteiger partial charge in [-0.3, -0.25) is 14.6 Å². The molecular weight excluding hydrogens is 536 g/mol. The molecule has 3 fully saturated rings. The molecule has 4 aliphatic heterocycles. The Kier molecular flexibility index (Phi) is 7.58. The molecule has 3 saturated heterocycles. The van der Waals surface area contributed by atoms with Crippen LogP contribution in [-0.4, -0.2) is 114 Å². The van der Waals surface area contributed by atoms with Crippen LogP contribution in [0.2, 0.25) is 5.02 Å². The van der Waals surface area contributed by atoms with E-state index in [0.717, 1.165) is 35.7 Å². The lowest BCUT2D eigenvalue weighted by Gasteiger charge is -2.44. The normalized spacial score (nSPS) is 26.7. The quantitative estimate of drug-likeness (QED) is 0.494. The molecular formula is C28H35ClN6O5. The molecule has 214 valence electrons. The minimum Gasteiger partial charge on any atom is -0.508 e. The number of hydrogen-bond acceptors (Lipinski definition) is 10. The average molecular weight is 571 g/mol. The van der Waals surface area contributed by atoms with Crippen molar-refractivity contribution in [3.05, 3.63) is 52.7 Å². The second-order valence-electron chi connectivity index (χ2n) is 10.9. The lowest BCUT2D eigenvalue weighted by molar-refractivity contribution is -0.129. The third kappa shape index (κ3) is 5.12. The summed E-state index contributed by atoms with van der Waals surface area (Å²) in [6.45, 7) is 9.07. The minimum atomic E-state index is -0.186. The number of hydrogen-bond donors (Lipinski definition) is 1. The molecule has 0 saturated carbocycles. The van der Waals surface area contributed by atoms with Gasteiger partial charge in [0.1, 0.15) is 23.8 Å². The summed E-state index contributed by atoms with van der Waals surface area (Å²) in [6, 6.07) is 5.20. The third-order valence-corrected chi connectivity index (χ3v) is 8.69. The topological polar surface area (TPSA) is 104 Å².